The highest BCUT2D eigenvalue weighted by Gasteiger charge is 2.17. The zero-order chi connectivity index (χ0) is 24.4. The third-order valence-corrected chi connectivity index (χ3v) is 6.00. The van der Waals surface area contributed by atoms with Crippen LogP contribution in [0.25, 0.3) is 16.6 Å². The number of hydrogen-bond acceptors (Lipinski definition) is 6. The van der Waals surface area contributed by atoms with Gasteiger partial charge >= 0.3 is 0 Å². The molecule has 172 valence electrons. The lowest BCUT2D eigenvalue weighted by Gasteiger charge is -2.14. The molecular weight excluding hydrogens is 483 g/mol. The molecule has 0 saturated heterocycles. The van der Waals surface area contributed by atoms with E-state index < -0.39 is 16.6 Å². The van der Waals surface area contributed by atoms with Gasteiger partial charge in [-0.25, -0.2) is 9.37 Å². The second kappa shape index (κ2) is 9.62. The van der Waals surface area contributed by atoms with Crippen LogP contribution in [0.1, 0.15) is 5.56 Å². The van der Waals surface area contributed by atoms with E-state index >= 15 is 0 Å². The topological polar surface area (TPSA) is 107 Å². The van der Waals surface area contributed by atoms with Crippen molar-refractivity contribution in [3.8, 4) is 5.69 Å². The predicted molar refractivity (Wildman–Crippen MR) is 129 cm³/mol. The fourth-order valence-corrected chi connectivity index (χ4v) is 4.25. The minimum atomic E-state index is -0.806. The van der Waals surface area contributed by atoms with Crippen molar-refractivity contribution in [1.82, 2.24) is 9.55 Å². The second-order valence-electron chi connectivity index (χ2n) is 7.29. The van der Waals surface area contributed by atoms with Gasteiger partial charge < -0.3 is 5.32 Å². The van der Waals surface area contributed by atoms with E-state index in [0.29, 0.717) is 21.6 Å². The van der Waals surface area contributed by atoms with Gasteiger partial charge in [-0.3, -0.25) is 24.3 Å². The van der Waals surface area contributed by atoms with Gasteiger partial charge in [-0.15, -0.1) is 0 Å². The molecule has 0 radical (unpaired) electrons. The number of aromatic nitrogens is 2. The average molecular weight is 499 g/mol. The highest BCUT2D eigenvalue weighted by molar-refractivity contribution is 7.99. The summed E-state index contributed by atoms with van der Waals surface area (Å²) in [5, 5.41) is 14.3. The van der Waals surface area contributed by atoms with Crippen LogP contribution in [0.2, 0.25) is 5.02 Å². The molecule has 0 atom stereocenters. The molecule has 1 N–H and O–H groups in total. The summed E-state index contributed by atoms with van der Waals surface area (Å²) in [5.41, 5.74) is 0.867. The van der Waals surface area contributed by atoms with E-state index in [4.69, 9.17) is 11.6 Å². The van der Waals surface area contributed by atoms with Gasteiger partial charge in [-0.2, -0.15) is 0 Å². The summed E-state index contributed by atoms with van der Waals surface area (Å²) >= 11 is 7.03. The number of aryl methyl sites for hydroxylation is 1. The van der Waals surface area contributed by atoms with E-state index in [1.807, 2.05) is 19.1 Å². The lowest BCUT2D eigenvalue weighted by atomic mass is 10.2. The van der Waals surface area contributed by atoms with Gasteiger partial charge in [0.2, 0.25) is 5.91 Å². The summed E-state index contributed by atoms with van der Waals surface area (Å²) in [4.78, 5) is 40.6. The lowest BCUT2D eigenvalue weighted by Crippen LogP contribution is -2.23. The highest BCUT2D eigenvalue weighted by Crippen LogP contribution is 2.25. The van der Waals surface area contributed by atoms with Gasteiger partial charge in [0.05, 0.1) is 33.0 Å². The minimum Gasteiger partial charge on any atom is -0.323 e. The van der Waals surface area contributed by atoms with Crippen LogP contribution < -0.4 is 10.9 Å². The third kappa shape index (κ3) is 4.92. The first-order valence-electron chi connectivity index (χ1n) is 9.89. The molecule has 4 aromatic rings. The summed E-state index contributed by atoms with van der Waals surface area (Å²) in [6, 6.07) is 14.8. The number of anilines is 1. The van der Waals surface area contributed by atoms with E-state index in [1.54, 1.807) is 30.3 Å². The van der Waals surface area contributed by atoms with Gasteiger partial charge in [0, 0.05) is 17.2 Å². The first-order valence-corrected chi connectivity index (χ1v) is 11.3. The largest absolute Gasteiger partial charge is 0.323 e. The first kappa shape index (κ1) is 23.4. The molecule has 11 heteroatoms. The molecule has 0 unspecified atom stereocenters. The number of thioether (sulfide) groups is 1. The zero-order valence-electron chi connectivity index (χ0n) is 17.6. The Hall–Kier alpha value is -3.76. The summed E-state index contributed by atoms with van der Waals surface area (Å²) in [7, 11) is 0. The summed E-state index contributed by atoms with van der Waals surface area (Å²) in [5.74, 6) is -1.66. The number of carbonyl (C=O) groups excluding carboxylic acids is 1. The number of nitrogens with one attached hydrogen (secondary N) is 1. The molecule has 0 saturated carbocycles. The smallest absolute Gasteiger partial charge is 0.271 e. The van der Waals surface area contributed by atoms with E-state index in [1.165, 1.54) is 4.57 Å². The molecule has 1 aromatic heterocycles. The fourth-order valence-electron chi connectivity index (χ4n) is 3.27. The molecule has 8 nitrogen and oxygen atoms in total. The van der Waals surface area contributed by atoms with Crippen molar-refractivity contribution in [1.29, 1.82) is 0 Å². The van der Waals surface area contributed by atoms with Crippen LogP contribution in [0.15, 0.2) is 70.6 Å². The highest BCUT2D eigenvalue weighted by atomic mass is 35.5. The van der Waals surface area contributed by atoms with E-state index in [-0.39, 0.29) is 27.8 Å². The number of non-ortho nitro benzene ring substituents is 1. The van der Waals surface area contributed by atoms with Crippen molar-refractivity contribution in [2.24, 2.45) is 0 Å². The Morgan fingerprint density at radius 2 is 2.00 bits per heavy atom. The SMILES string of the molecule is Cc1cccc(-n2c(SCC(=O)Nc3cc([N+](=O)[O-])ccc3F)nc3cc(Cl)ccc3c2=O)c1. The van der Waals surface area contributed by atoms with E-state index in [9.17, 15) is 24.1 Å². The molecule has 0 aliphatic heterocycles. The predicted octanol–water partition coefficient (Wildman–Crippen LogP) is 5.13. The number of rotatable bonds is 6. The molecule has 0 fully saturated rings. The number of halogens is 2. The molecule has 0 aliphatic carbocycles. The van der Waals surface area contributed by atoms with Crippen molar-refractivity contribution in [3.63, 3.8) is 0 Å². The Kier molecular flexibility index (Phi) is 6.62. The number of hydrogen-bond donors (Lipinski definition) is 1. The van der Waals surface area contributed by atoms with Crippen molar-refractivity contribution in [2.45, 2.75) is 12.1 Å². The Balaban J connectivity index is 1.68. The van der Waals surface area contributed by atoms with Crippen molar-refractivity contribution < 1.29 is 14.1 Å². The molecule has 3 aromatic carbocycles. The fraction of sp³-hybridized carbons (Fsp3) is 0.0870. The normalized spacial score (nSPS) is 10.9. The quantitative estimate of drug-likeness (QED) is 0.171. The number of nitro benzene ring substituents is 1. The second-order valence-corrected chi connectivity index (χ2v) is 8.67. The van der Waals surface area contributed by atoms with Crippen LogP contribution in [-0.2, 0) is 4.79 Å². The number of carbonyl (C=O) groups is 1. The van der Waals surface area contributed by atoms with Crippen molar-refractivity contribution in [2.75, 3.05) is 11.1 Å². The van der Waals surface area contributed by atoms with Gasteiger partial charge in [-0.05, 0) is 48.9 Å². The molecule has 0 bridgehead atoms. The molecule has 1 heterocycles. The van der Waals surface area contributed by atoms with Crippen LogP contribution in [0, 0.1) is 22.9 Å². The van der Waals surface area contributed by atoms with Crippen LogP contribution in [0.3, 0.4) is 0 Å². The Bertz CT molecular complexity index is 1510. The lowest BCUT2D eigenvalue weighted by molar-refractivity contribution is -0.384. The molecule has 1 amide bonds. The Morgan fingerprint density at radius 3 is 2.74 bits per heavy atom. The maximum atomic E-state index is 14.0. The monoisotopic (exact) mass is 498 g/mol. The van der Waals surface area contributed by atoms with Crippen LogP contribution in [0.4, 0.5) is 15.8 Å². The van der Waals surface area contributed by atoms with Crippen LogP contribution in [-0.4, -0.2) is 26.1 Å². The maximum absolute atomic E-state index is 14.0. The summed E-state index contributed by atoms with van der Waals surface area (Å²) in [6.07, 6.45) is 0. The number of nitro groups is 1. The number of fused-ring (bicyclic) bond motifs is 1. The van der Waals surface area contributed by atoms with Gasteiger partial charge in [0.25, 0.3) is 11.2 Å². The average Bonchev–Trinajstić information content (AvgIpc) is 2.78. The van der Waals surface area contributed by atoms with Gasteiger partial charge in [-0.1, -0.05) is 35.5 Å². The summed E-state index contributed by atoms with van der Waals surface area (Å²) in [6.45, 7) is 1.89. The number of amides is 1. The molecule has 34 heavy (non-hydrogen) atoms. The molecular formula is C23H16ClFN4O4S. The number of nitrogens with zero attached hydrogens (tertiary/aromatic N) is 3. The van der Waals surface area contributed by atoms with Crippen molar-refractivity contribution in [3.05, 3.63) is 97.5 Å². The zero-order valence-corrected chi connectivity index (χ0v) is 19.2. The number of benzene rings is 3. The molecule has 4 rings (SSSR count). The standard InChI is InChI=1S/C23H16ClFN4O4S/c1-13-3-2-4-15(9-13)28-22(31)17-7-5-14(24)10-19(17)27-23(28)34-12-21(30)26-20-11-16(29(32)33)6-8-18(20)25/h2-11H,12H2,1H3,(H,26,30). The molecule has 0 spiro atoms. The van der Waals surface area contributed by atoms with Gasteiger partial charge in [0.1, 0.15) is 5.82 Å². The van der Waals surface area contributed by atoms with Crippen LogP contribution in [0.5, 0.6) is 0 Å². The Labute approximate surface area is 201 Å². The van der Waals surface area contributed by atoms with Gasteiger partial charge in [0.15, 0.2) is 5.16 Å². The first-order chi connectivity index (χ1) is 16.2. The Morgan fingerprint density at radius 1 is 1.21 bits per heavy atom. The molecule has 0 aliphatic rings. The van der Waals surface area contributed by atoms with E-state index in [2.05, 4.69) is 10.3 Å². The maximum Gasteiger partial charge on any atom is 0.271 e. The van der Waals surface area contributed by atoms with E-state index in [0.717, 1.165) is 35.5 Å². The van der Waals surface area contributed by atoms with Crippen LogP contribution >= 0.6 is 23.4 Å². The minimum absolute atomic E-state index is 0.230. The third-order valence-electron chi connectivity index (χ3n) is 4.83. The summed E-state index contributed by atoms with van der Waals surface area (Å²) < 4.78 is 15.4. The van der Waals surface area contributed by atoms with Crippen molar-refractivity contribution >= 4 is 51.5 Å².